The number of aromatic nitrogens is 1. The SMILES string of the molecule is C=CF.CCCc1nocc1C(C)C. The van der Waals surface area contributed by atoms with E-state index in [9.17, 15) is 4.39 Å². The van der Waals surface area contributed by atoms with E-state index >= 15 is 0 Å². The average molecular weight is 199 g/mol. The van der Waals surface area contributed by atoms with Crippen LogP contribution in [0.3, 0.4) is 0 Å². The van der Waals surface area contributed by atoms with Crippen molar-refractivity contribution in [2.45, 2.75) is 39.5 Å². The van der Waals surface area contributed by atoms with E-state index < -0.39 is 0 Å². The molecule has 0 aliphatic rings. The first-order chi connectivity index (χ1) is 6.67. The molecule has 2 nitrogen and oxygen atoms in total. The van der Waals surface area contributed by atoms with E-state index in [-0.39, 0.29) is 6.33 Å². The maximum Gasteiger partial charge on any atom is 0.127 e. The zero-order chi connectivity index (χ0) is 11.0. The molecule has 1 aromatic heterocycles. The van der Waals surface area contributed by atoms with Crippen LogP contribution in [0.4, 0.5) is 4.39 Å². The molecule has 0 aromatic carbocycles. The number of rotatable bonds is 3. The molecule has 80 valence electrons. The van der Waals surface area contributed by atoms with E-state index in [1.54, 1.807) is 6.26 Å². The molecule has 1 heterocycles. The van der Waals surface area contributed by atoms with E-state index in [1.165, 1.54) is 5.56 Å². The van der Waals surface area contributed by atoms with Crippen LogP contribution in [0.25, 0.3) is 0 Å². The minimum Gasteiger partial charge on any atom is -0.364 e. The molecular weight excluding hydrogens is 181 g/mol. The molecule has 14 heavy (non-hydrogen) atoms. The van der Waals surface area contributed by atoms with Gasteiger partial charge in [-0.3, -0.25) is 0 Å². The summed E-state index contributed by atoms with van der Waals surface area (Å²) in [4.78, 5) is 0. The Morgan fingerprint density at radius 3 is 2.64 bits per heavy atom. The van der Waals surface area contributed by atoms with Gasteiger partial charge in [-0.1, -0.05) is 38.9 Å². The highest BCUT2D eigenvalue weighted by atomic mass is 19.1. The van der Waals surface area contributed by atoms with Crippen LogP contribution in [0.5, 0.6) is 0 Å². The maximum absolute atomic E-state index is 10.1. The Balaban J connectivity index is 0.000000500. The van der Waals surface area contributed by atoms with Gasteiger partial charge in [0.05, 0.1) is 12.0 Å². The monoisotopic (exact) mass is 199 g/mol. The van der Waals surface area contributed by atoms with Gasteiger partial charge in [0.2, 0.25) is 0 Å². The lowest BCUT2D eigenvalue weighted by molar-refractivity contribution is 0.410. The highest BCUT2D eigenvalue weighted by Crippen LogP contribution is 2.18. The molecular formula is C11H18FNO. The van der Waals surface area contributed by atoms with Crippen molar-refractivity contribution in [1.29, 1.82) is 0 Å². The van der Waals surface area contributed by atoms with Crippen LogP contribution < -0.4 is 0 Å². The molecule has 0 spiro atoms. The Morgan fingerprint density at radius 2 is 2.21 bits per heavy atom. The quantitative estimate of drug-likeness (QED) is 0.739. The second-order valence-corrected chi connectivity index (χ2v) is 3.28. The zero-order valence-corrected chi connectivity index (χ0v) is 9.09. The van der Waals surface area contributed by atoms with E-state index in [1.807, 2.05) is 0 Å². The van der Waals surface area contributed by atoms with Crippen LogP contribution in [0.2, 0.25) is 0 Å². The fraction of sp³-hybridized carbons (Fsp3) is 0.545. The first-order valence-electron chi connectivity index (χ1n) is 4.81. The third-order valence-corrected chi connectivity index (χ3v) is 1.78. The predicted molar refractivity (Wildman–Crippen MR) is 55.9 cm³/mol. The van der Waals surface area contributed by atoms with Crippen molar-refractivity contribution in [2.24, 2.45) is 0 Å². The molecule has 0 bridgehead atoms. The minimum absolute atomic E-state index is 0.250. The molecule has 0 aliphatic heterocycles. The summed E-state index contributed by atoms with van der Waals surface area (Å²) >= 11 is 0. The van der Waals surface area contributed by atoms with Crippen LogP contribution >= 0.6 is 0 Å². The molecule has 0 atom stereocenters. The van der Waals surface area contributed by atoms with E-state index in [0.717, 1.165) is 18.5 Å². The first-order valence-corrected chi connectivity index (χ1v) is 4.81. The van der Waals surface area contributed by atoms with Crippen molar-refractivity contribution in [1.82, 2.24) is 5.16 Å². The molecule has 0 unspecified atom stereocenters. The lowest BCUT2D eigenvalue weighted by Crippen LogP contribution is -1.92. The summed E-state index contributed by atoms with van der Waals surface area (Å²) in [6.45, 7) is 9.16. The van der Waals surface area contributed by atoms with E-state index in [4.69, 9.17) is 4.52 Å². The molecule has 0 amide bonds. The van der Waals surface area contributed by atoms with Gasteiger partial charge in [0.15, 0.2) is 0 Å². The molecule has 0 saturated heterocycles. The maximum atomic E-state index is 10.1. The lowest BCUT2D eigenvalue weighted by atomic mass is 10.0. The summed E-state index contributed by atoms with van der Waals surface area (Å²) in [5.74, 6) is 0.530. The summed E-state index contributed by atoms with van der Waals surface area (Å²) in [7, 11) is 0. The second-order valence-electron chi connectivity index (χ2n) is 3.28. The molecule has 3 heteroatoms. The van der Waals surface area contributed by atoms with Crippen LogP contribution in [0.1, 0.15) is 44.4 Å². The highest BCUT2D eigenvalue weighted by molar-refractivity contribution is 5.18. The van der Waals surface area contributed by atoms with Gasteiger partial charge in [-0.25, -0.2) is 4.39 Å². The molecule has 0 N–H and O–H groups in total. The lowest BCUT2D eigenvalue weighted by Gasteiger charge is -2.01. The predicted octanol–water partition coefficient (Wildman–Crippen LogP) is 3.85. The molecule has 0 saturated carbocycles. The number of aryl methyl sites for hydroxylation is 1. The topological polar surface area (TPSA) is 26.0 Å². The third kappa shape index (κ3) is 4.21. The minimum atomic E-state index is 0.250. The Labute approximate surface area is 84.8 Å². The number of halogens is 1. The average Bonchev–Trinajstić information content (AvgIpc) is 2.54. The van der Waals surface area contributed by atoms with Crippen LogP contribution in [-0.4, -0.2) is 5.16 Å². The van der Waals surface area contributed by atoms with Crippen LogP contribution in [0.15, 0.2) is 23.7 Å². The van der Waals surface area contributed by atoms with Gasteiger partial charge in [-0.05, 0) is 12.3 Å². The van der Waals surface area contributed by atoms with Crippen molar-refractivity contribution < 1.29 is 8.91 Å². The fourth-order valence-corrected chi connectivity index (χ4v) is 1.16. The highest BCUT2D eigenvalue weighted by Gasteiger charge is 2.09. The van der Waals surface area contributed by atoms with Crippen LogP contribution in [-0.2, 0) is 6.42 Å². The fourth-order valence-electron chi connectivity index (χ4n) is 1.16. The number of hydrogen-bond acceptors (Lipinski definition) is 2. The van der Waals surface area contributed by atoms with Gasteiger partial charge in [0.1, 0.15) is 6.26 Å². The smallest absolute Gasteiger partial charge is 0.127 e. The summed E-state index contributed by atoms with van der Waals surface area (Å²) < 4.78 is 15.0. The number of hydrogen-bond donors (Lipinski definition) is 0. The summed E-state index contributed by atoms with van der Waals surface area (Å²) in [5.41, 5.74) is 2.38. The Morgan fingerprint density at radius 1 is 1.64 bits per heavy atom. The first kappa shape index (κ1) is 12.9. The standard InChI is InChI=1S/C9H15NO.C2H3F/c1-4-5-9-8(7(2)3)6-11-10-9;1-2-3/h6-7H,4-5H2,1-3H3;2H,1H2. The zero-order valence-electron chi connectivity index (χ0n) is 9.09. The Kier molecular flexibility index (Phi) is 6.72. The third-order valence-electron chi connectivity index (χ3n) is 1.78. The molecule has 0 aliphatic carbocycles. The van der Waals surface area contributed by atoms with Crippen molar-refractivity contribution in [3.8, 4) is 0 Å². The van der Waals surface area contributed by atoms with Gasteiger partial charge in [0, 0.05) is 5.56 Å². The normalized spacial score (nSPS) is 9.50. The van der Waals surface area contributed by atoms with Crippen LogP contribution in [0, 0.1) is 0 Å². The van der Waals surface area contributed by atoms with E-state index in [0.29, 0.717) is 5.92 Å². The summed E-state index contributed by atoms with van der Waals surface area (Å²) in [6.07, 6.45) is 4.17. The van der Waals surface area contributed by atoms with Crippen molar-refractivity contribution >= 4 is 0 Å². The van der Waals surface area contributed by atoms with Crippen molar-refractivity contribution in [2.75, 3.05) is 0 Å². The molecule has 0 radical (unpaired) electrons. The number of nitrogens with zero attached hydrogens (tertiary/aromatic N) is 1. The molecule has 0 fully saturated rings. The molecule has 1 rings (SSSR count). The van der Waals surface area contributed by atoms with Gasteiger partial charge < -0.3 is 4.52 Å². The van der Waals surface area contributed by atoms with Crippen molar-refractivity contribution in [3.05, 3.63) is 30.4 Å². The Hall–Kier alpha value is -1.12. The van der Waals surface area contributed by atoms with Crippen molar-refractivity contribution in [3.63, 3.8) is 0 Å². The van der Waals surface area contributed by atoms with Gasteiger partial charge in [0.25, 0.3) is 0 Å². The van der Waals surface area contributed by atoms with Gasteiger partial charge >= 0.3 is 0 Å². The van der Waals surface area contributed by atoms with Gasteiger partial charge in [-0.15, -0.1) is 0 Å². The van der Waals surface area contributed by atoms with Gasteiger partial charge in [-0.2, -0.15) is 0 Å². The van der Waals surface area contributed by atoms with E-state index in [2.05, 4.69) is 32.5 Å². The molecule has 1 aromatic rings. The second kappa shape index (κ2) is 7.30. The summed E-state index contributed by atoms with van der Waals surface area (Å²) in [5, 5.41) is 3.95. The Bertz CT molecular complexity index is 256. The summed E-state index contributed by atoms with van der Waals surface area (Å²) in [6, 6.07) is 0. The largest absolute Gasteiger partial charge is 0.364 e.